The van der Waals surface area contributed by atoms with Gasteiger partial charge in [0.15, 0.2) is 0 Å². The number of hydrogen-bond donors (Lipinski definition) is 2. The van der Waals surface area contributed by atoms with E-state index in [0.29, 0.717) is 17.5 Å². The normalized spacial score (nSPS) is 12.5. The van der Waals surface area contributed by atoms with Gasteiger partial charge in [0.25, 0.3) is 5.56 Å². The first kappa shape index (κ1) is 16.1. The first-order valence-corrected chi connectivity index (χ1v) is 7.45. The van der Waals surface area contributed by atoms with Crippen molar-refractivity contribution in [3.63, 3.8) is 0 Å². The Labute approximate surface area is 128 Å². The number of ether oxygens (including phenoxy) is 1. The SMILES string of the molecule is CCOC(=O)C[C@@H](c1c(O)c2ccccc2[nH]c1=O)C(C)C. The average molecular weight is 303 g/mol. The number of fused-ring (bicyclic) bond motifs is 1. The maximum absolute atomic E-state index is 12.4. The Kier molecular flexibility index (Phi) is 4.85. The Bertz CT molecular complexity index is 733. The summed E-state index contributed by atoms with van der Waals surface area (Å²) in [6, 6.07) is 7.05. The van der Waals surface area contributed by atoms with E-state index in [0.717, 1.165) is 0 Å². The Morgan fingerprint density at radius 3 is 2.64 bits per heavy atom. The topological polar surface area (TPSA) is 79.4 Å². The number of aromatic amines is 1. The number of nitrogens with one attached hydrogen (secondary N) is 1. The highest BCUT2D eigenvalue weighted by atomic mass is 16.5. The fraction of sp³-hybridized carbons (Fsp3) is 0.412. The van der Waals surface area contributed by atoms with Gasteiger partial charge in [0.05, 0.1) is 24.1 Å². The van der Waals surface area contributed by atoms with E-state index in [-0.39, 0.29) is 35.2 Å². The molecule has 0 amide bonds. The maximum Gasteiger partial charge on any atom is 0.306 e. The first-order chi connectivity index (χ1) is 10.5. The number of carbonyl (C=O) groups is 1. The van der Waals surface area contributed by atoms with E-state index in [4.69, 9.17) is 4.74 Å². The Morgan fingerprint density at radius 1 is 1.32 bits per heavy atom. The number of aromatic nitrogens is 1. The van der Waals surface area contributed by atoms with Crippen LogP contribution in [0.25, 0.3) is 10.9 Å². The number of pyridine rings is 1. The third-order valence-electron chi connectivity index (χ3n) is 3.80. The van der Waals surface area contributed by atoms with Gasteiger partial charge in [-0.2, -0.15) is 0 Å². The molecule has 0 fully saturated rings. The summed E-state index contributed by atoms with van der Waals surface area (Å²) in [6.45, 7) is 5.86. The zero-order chi connectivity index (χ0) is 16.3. The van der Waals surface area contributed by atoms with E-state index in [1.54, 1.807) is 31.2 Å². The van der Waals surface area contributed by atoms with Crippen molar-refractivity contribution in [3.8, 4) is 5.75 Å². The van der Waals surface area contributed by atoms with Crippen molar-refractivity contribution in [2.24, 2.45) is 5.92 Å². The molecule has 0 radical (unpaired) electrons. The summed E-state index contributed by atoms with van der Waals surface area (Å²) in [6.07, 6.45) is 0.0699. The van der Waals surface area contributed by atoms with Crippen molar-refractivity contribution >= 4 is 16.9 Å². The van der Waals surface area contributed by atoms with Gasteiger partial charge in [0.1, 0.15) is 5.75 Å². The number of esters is 1. The molecule has 22 heavy (non-hydrogen) atoms. The Hall–Kier alpha value is -2.30. The molecule has 0 unspecified atom stereocenters. The summed E-state index contributed by atoms with van der Waals surface area (Å²) in [7, 11) is 0. The number of carbonyl (C=O) groups excluding carboxylic acids is 1. The molecule has 0 aliphatic carbocycles. The highest BCUT2D eigenvalue weighted by Gasteiger charge is 2.27. The predicted octanol–water partition coefficient (Wildman–Crippen LogP) is 2.93. The van der Waals surface area contributed by atoms with Crippen molar-refractivity contribution < 1.29 is 14.6 Å². The van der Waals surface area contributed by atoms with Crippen molar-refractivity contribution in [1.29, 1.82) is 0 Å². The summed E-state index contributed by atoms with van der Waals surface area (Å²) in [4.78, 5) is 26.9. The summed E-state index contributed by atoms with van der Waals surface area (Å²) < 4.78 is 4.98. The molecule has 118 valence electrons. The monoisotopic (exact) mass is 303 g/mol. The number of rotatable bonds is 5. The molecule has 2 rings (SSSR count). The fourth-order valence-electron chi connectivity index (χ4n) is 2.66. The minimum Gasteiger partial charge on any atom is -0.507 e. The van der Waals surface area contributed by atoms with Crippen LogP contribution in [0, 0.1) is 5.92 Å². The summed E-state index contributed by atoms with van der Waals surface area (Å²) in [5, 5.41) is 11.1. The average Bonchev–Trinajstić information content (AvgIpc) is 2.46. The molecule has 2 N–H and O–H groups in total. The van der Waals surface area contributed by atoms with Crippen LogP contribution in [0.2, 0.25) is 0 Å². The van der Waals surface area contributed by atoms with Crippen LogP contribution in [0.4, 0.5) is 0 Å². The largest absolute Gasteiger partial charge is 0.507 e. The van der Waals surface area contributed by atoms with Crippen molar-refractivity contribution in [3.05, 3.63) is 40.2 Å². The van der Waals surface area contributed by atoms with Gasteiger partial charge in [-0.25, -0.2) is 0 Å². The molecule has 1 aromatic heterocycles. The number of benzene rings is 1. The molecule has 0 bridgehead atoms. The molecular weight excluding hydrogens is 282 g/mol. The summed E-state index contributed by atoms with van der Waals surface area (Å²) in [5.74, 6) is -0.805. The lowest BCUT2D eigenvalue weighted by Crippen LogP contribution is -2.23. The molecule has 5 nitrogen and oxygen atoms in total. The van der Waals surface area contributed by atoms with Crippen LogP contribution in [0.3, 0.4) is 0 Å². The van der Waals surface area contributed by atoms with Crippen LogP contribution in [0.1, 0.15) is 38.7 Å². The van der Waals surface area contributed by atoms with E-state index in [1.165, 1.54) is 0 Å². The quantitative estimate of drug-likeness (QED) is 0.832. The molecule has 0 spiro atoms. The molecule has 0 saturated heterocycles. The second-order valence-corrected chi connectivity index (χ2v) is 5.62. The third kappa shape index (κ3) is 3.13. The number of aromatic hydroxyl groups is 1. The van der Waals surface area contributed by atoms with Crippen molar-refractivity contribution in [2.45, 2.75) is 33.1 Å². The molecule has 5 heteroatoms. The van der Waals surface area contributed by atoms with Gasteiger partial charge in [-0.3, -0.25) is 9.59 Å². The third-order valence-corrected chi connectivity index (χ3v) is 3.80. The van der Waals surface area contributed by atoms with Crippen LogP contribution >= 0.6 is 0 Å². The lowest BCUT2D eigenvalue weighted by atomic mass is 9.85. The lowest BCUT2D eigenvalue weighted by Gasteiger charge is -2.21. The summed E-state index contributed by atoms with van der Waals surface area (Å²) >= 11 is 0. The van der Waals surface area contributed by atoms with Crippen LogP contribution in [0.15, 0.2) is 29.1 Å². The minimum atomic E-state index is -0.396. The molecule has 0 saturated carbocycles. The van der Waals surface area contributed by atoms with E-state index in [9.17, 15) is 14.7 Å². The minimum absolute atomic E-state index is 0.0116. The molecule has 1 aromatic carbocycles. The van der Waals surface area contributed by atoms with Gasteiger partial charge >= 0.3 is 5.97 Å². The molecular formula is C17H21NO4. The van der Waals surface area contributed by atoms with Gasteiger partial charge in [-0.1, -0.05) is 26.0 Å². The maximum atomic E-state index is 12.4. The van der Waals surface area contributed by atoms with E-state index in [2.05, 4.69) is 4.98 Å². The highest BCUT2D eigenvalue weighted by molar-refractivity contribution is 5.86. The predicted molar refractivity (Wildman–Crippen MR) is 85.1 cm³/mol. The van der Waals surface area contributed by atoms with Gasteiger partial charge in [0.2, 0.25) is 0 Å². The molecule has 0 aliphatic heterocycles. The zero-order valence-electron chi connectivity index (χ0n) is 13.1. The fourth-order valence-corrected chi connectivity index (χ4v) is 2.66. The van der Waals surface area contributed by atoms with E-state index in [1.807, 2.05) is 13.8 Å². The number of H-pyrrole nitrogens is 1. The lowest BCUT2D eigenvalue weighted by molar-refractivity contribution is -0.143. The zero-order valence-corrected chi connectivity index (χ0v) is 13.1. The standard InChI is InChI=1S/C17H21NO4/c1-4-22-14(19)9-12(10(2)3)15-16(20)11-7-5-6-8-13(11)18-17(15)21/h5-8,10,12H,4,9H2,1-3H3,(H2,18,20,21)/t12-/m1/s1. The van der Waals surface area contributed by atoms with Gasteiger partial charge in [0, 0.05) is 11.3 Å². The molecule has 2 aromatic rings. The van der Waals surface area contributed by atoms with Crippen molar-refractivity contribution in [2.75, 3.05) is 6.61 Å². The summed E-state index contributed by atoms with van der Waals surface area (Å²) in [5.41, 5.74) is 0.466. The van der Waals surface area contributed by atoms with E-state index < -0.39 is 5.92 Å². The van der Waals surface area contributed by atoms with Crippen molar-refractivity contribution in [1.82, 2.24) is 4.98 Å². The first-order valence-electron chi connectivity index (χ1n) is 7.45. The number of hydrogen-bond acceptors (Lipinski definition) is 4. The van der Waals surface area contributed by atoms with E-state index >= 15 is 0 Å². The molecule has 0 aliphatic rings. The van der Waals surface area contributed by atoms with Crippen LogP contribution in [-0.4, -0.2) is 22.7 Å². The second-order valence-electron chi connectivity index (χ2n) is 5.62. The Balaban J connectivity index is 2.54. The van der Waals surface area contributed by atoms with Gasteiger partial charge in [-0.15, -0.1) is 0 Å². The highest BCUT2D eigenvalue weighted by Crippen LogP contribution is 2.35. The molecule has 1 heterocycles. The molecule has 1 atom stereocenters. The van der Waals surface area contributed by atoms with Crippen LogP contribution < -0.4 is 5.56 Å². The number of para-hydroxylation sites is 1. The van der Waals surface area contributed by atoms with Gasteiger partial charge in [-0.05, 0) is 25.0 Å². The van der Waals surface area contributed by atoms with Gasteiger partial charge < -0.3 is 14.8 Å². The van der Waals surface area contributed by atoms with Crippen LogP contribution in [-0.2, 0) is 9.53 Å². The van der Waals surface area contributed by atoms with Crippen LogP contribution in [0.5, 0.6) is 5.75 Å². The Morgan fingerprint density at radius 2 is 2.00 bits per heavy atom. The second kappa shape index (κ2) is 6.64. The smallest absolute Gasteiger partial charge is 0.306 e.